The van der Waals surface area contributed by atoms with Gasteiger partial charge >= 0.3 is 0 Å². The lowest BCUT2D eigenvalue weighted by Crippen LogP contribution is -2.10. The van der Waals surface area contributed by atoms with Gasteiger partial charge in [0, 0.05) is 0 Å². The molecule has 0 N–H and O–H groups in total. The van der Waals surface area contributed by atoms with Crippen LogP contribution in [0, 0.1) is 5.92 Å². The van der Waals surface area contributed by atoms with Crippen molar-refractivity contribution >= 4 is 0 Å². The Morgan fingerprint density at radius 2 is 1.06 bits per heavy atom. The molecule has 86 valence electrons. The average molecular weight is 214 g/mol. The van der Waals surface area contributed by atoms with Crippen LogP contribution in [-0.4, -0.2) is 0 Å². The van der Waals surface area contributed by atoms with Crippen LogP contribution in [0.5, 0.6) is 0 Å². The zero-order chi connectivity index (χ0) is 11.0. The molecule has 2 fully saturated rings. The van der Waals surface area contributed by atoms with E-state index in [0.29, 0.717) is 0 Å². The highest BCUT2D eigenvalue weighted by Gasteiger charge is 2.24. The number of rotatable bonds is 2. The second-order valence-corrected chi connectivity index (χ2v) is 5.90. The summed E-state index contributed by atoms with van der Waals surface area (Å²) in [7, 11) is 0. The van der Waals surface area contributed by atoms with Gasteiger partial charge < -0.3 is 0 Å². The van der Waals surface area contributed by atoms with E-state index in [9.17, 15) is 0 Å². The third-order valence-electron chi connectivity index (χ3n) is 4.47. The smallest absolute Gasteiger partial charge is 0.0162 e. The van der Waals surface area contributed by atoms with Crippen molar-refractivity contribution in [3.8, 4) is 0 Å². The van der Waals surface area contributed by atoms with E-state index < -0.39 is 0 Å². The van der Waals surface area contributed by atoms with Crippen LogP contribution in [0.1, 0.15) is 68.4 Å². The van der Waals surface area contributed by atoms with Gasteiger partial charge in [-0.05, 0) is 54.6 Å². The van der Waals surface area contributed by atoms with Crippen molar-refractivity contribution in [2.45, 2.75) is 57.3 Å². The highest BCUT2D eigenvalue weighted by Crippen LogP contribution is 2.41. The maximum atomic E-state index is 2.40. The summed E-state index contributed by atoms with van der Waals surface area (Å²) in [6, 6.07) is 9.55. The quantitative estimate of drug-likeness (QED) is 0.659. The molecule has 0 aromatic heterocycles. The molecule has 0 heteroatoms. The zero-order valence-electron chi connectivity index (χ0n) is 10.3. The number of hydrogen-bond donors (Lipinski definition) is 0. The molecule has 0 nitrogen and oxygen atoms in total. The van der Waals surface area contributed by atoms with Gasteiger partial charge in [0.1, 0.15) is 0 Å². The Balaban J connectivity index is 1.69. The molecule has 1 aromatic carbocycles. The van der Waals surface area contributed by atoms with Crippen molar-refractivity contribution in [2.75, 3.05) is 0 Å². The standard InChI is InChI=1S/C16H22/c1-12-2-4-13(5-3-12)14-6-8-15(9-7-14)16-10-11-16/h6-9,12-13,16H,2-5,10-11H2,1H3. The molecule has 0 radical (unpaired) electrons. The molecule has 0 unspecified atom stereocenters. The number of hydrogen-bond acceptors (Lipinski definition) is 0. The Hall–Kier alpha value is -0.780. The van der Waals surface area contributed by atoms with Gasteiger partial charge in [0.25, 0.3) is 0 Å². The van der Waals surface area contributed by atoms with E-state index in [4.69, 9.17) is 0 Å². The predicted octanol–water partition coefficient (Wildman–Crippen LogP) is 4.86. The highest BCUT2D eigenvalue weighted by molar-refractivity contribution is 5.30. The summed E-state index contributed by atoms with van der Waals surface area (Å²) >= 11 is 0. The van der Waals surface area contributed by atoms with Crippen molar-refractivity contribution in [2.24, 2.45) is 5.92 Å². The normalized spacial score (nSPS) is 30.3. The van der Waals surface area contributed by atoms with Crippen LogP contribution < -0.4 is 0 Å². The van der Waals surface area contributed by atoms with Gasteiger partial charge in [-0.2, -0.15) is 0 Å². The number of benzene rings is 1. The topological polar surface area (TPSA) is 0 Å². The summed E-state index contributed by atoms with van der Waals surface area (Å²) in [5.41, 5.74) is 3.17. The summed E-state index contributed by atoms with van der Waals surface area (Å²) < 4.78 is 0. The fraction of sp³-hybridized carbons (Fsp3) is 0.625. The average Bonchev–Trinajstić information content (AvgIpc) is 3.14. The predicted molar refractivity (Wildman–Crippen MR) is 68.8 cm³/mol. The molecule has 0 heterocycles. The zero-order valence-corrected chi connectivity index (χ0v) is 10.3. The molecule has 0 saturated heterocycles. The monoisotopic (exact) mass is 214 g/mol. The van der Waals surface area contributed by atoms with Crippen molar-refractivity contribution < 1.29 is 0 Å². The third-order valence-corrected chi connectivity index (χ3v) is 4.47. The molecule has 16 heavy (non-hydrogen) atoms. The fourth-order valence-electron chi connectivity index (χ4n) is 3.05. The molecule has 0 bridgehead atoms. The minimum Gasteiger partial charge on any atom is -0.0625 e. The highest BCUT2D eigenvalue weighted by atomic mass is 14.3. The third kappa shape index (κ3) is 2.16. The first kappa shape index (κ1) is 10.4. The van der Waals surface area contributed by atoms with Crippen molar-refractivity contribution in [3.05, 3.63) is 35.4 Å². The summed E-state index contributed by atoms with van der Waals surface area (Å²) in [4.78, 5) is 0. The fourth-order valence-corrected chi connectivity index (χ4v) is 3.05. The van der Waals surface area contributed by atoms with Crippen LogP contribution in [0.15, 0.2) is 24.3 Å². The van der Waals surface area contributed by atoms with E-state index in [2.05, 4.69) is 31.2 Å². The molecular weight excluding hydrogens is 192 g/mol. The minimum atomic E-state index is 0.851. The molecule has 1 aromatic rings. The second kappa shape index (κ2) is 4.24. The summed E-state index contributed by atoms with van der Waals surface area (Å²) in [5, 5.41) is 0. The largest absolute Gasteiger partial charge is 0.0625 e. The van der Waals surface area contributed by atoms with E-state index in [1.54, 1.807) is 11.1 Å². The van der Waals surface area contributed by atoms with Crippen LogP contribution in [0.3, 0.4) is 0 Å². The molecule has 0 aliphatic heterocycles. The summed E-state index contributed by atoms with van der Waals surface area (Å²) in [6.07, 6.45) is 8.50. The van der Waals surface area contributed by atoms with Crippen molar-refractivity contribution in [1.29, 1.82) is 0 Å². The lowest BCUT2D eigenvalue weighted by molar-refractivity contribution is 0.348. The van der Waals surface area contributed by atoms with E-state index in [-0.39, 0.29) is 0 Å². The maximum absolute atomic E-state index is 2.40. The molecule has 0 amide bonds. The minimum absolute atomic E-state index is 0.851. The van der Waals surface area contributed by atoms with Gasteiger partial charge in [-0.15, -0.1) is 0 Å². The summed E-state index contributed by atoms with van der Waals surface area (Å²) in [5.74, 6) is 2.71. The molecular formula is C16H22. The van der Waals surface area contributed by atoms with Crippen molar-refractivity contribution in [3.63, 3.8) is 0 Å². The van der Waals surface area contributed by atoms with Gasteiger partial charge in [-0.25, -0.2) is 0 Å². The van der Waals surface area contributed by atoms with Crippen LogP contribution in [0.4, 0.5) is 0 Å². The first-order valence-corrected chi connectivity index (χ1v) is 6.93. The lowest BCUT2D eigenvalue weighted by atomic mass is 9.79. The molecule has 3 rings (SSSR count). The first-order valence-electron chi connectivity index (χ1n) is 6.93. The Morgan fingerprint density at radius 1 is 0.688 bits per heavy atom. The second-order valence-electron chi connectivity index (χ2n) is 5.90. The van der Waals surface area contributed by atoms with Gasteiger partial charge in [-0.1, -0.05) is 44.0 Å². The van der Waals surface area contributed by atoms with Crippen LogP contribution in [0.25, 0.3) is 0 Å². The van der Waals surface area contributed by atoms with Gasteiger partial charge in [0.05, 0.1) is 0 Å². The van der Waals surface area contributed by atoms with Gasteiger partial charge in [-0.3, -0.25) is 0 Å². The van der Waals surface area contributed by atoms with Crippen LogP contribution >= 0.6 is 0 Å². The molecule has 2 aliphatic carbocycles. The van der Waals surface area contributed by atoms with Gasteiger partial charge in [0.15, 0.2) is 0 Å². The van der Waals surface area contributed by atoms with E-state index in [1.807, 2.05) is 0 Å². The Morgan fingerprint density at radius 3 is 1.44 bits per heavy atom. The first-order chi connectivity index (χ1) is 7.83. The summed E-state index contributed by atoms with van der Waals surface area (Å²) in [6.45, 7) is 2.40. The van der Waals surface area contributed by atoms with E-state index in [0.717, 1.165) is 17.8 Å². The lowest BCUT2D eigenvalue weighted by Gasteiger charge is -2.26. The van der Waals surface area contributed by atoms with Crippen molar-refractivity contribution in [1.82, 2.24) is 0 Å². The van der Waals surface area contributed by atoms with E-state index >= 15 is 0 Å². The molecule has 0 atom stereocenters. The van der Waals surface area contributed by atoms with E-state index in [1.165, 1.54) is 38.5 Å². The van der Waals surface area contributed by atoms with Crippen LogP contribution in [-0.2, 0) is 0 Å². The SMILES string of the molecule is CC1CCC(c2ccc(C3CC3)cc2)CC1. The van der Waals surface area contributed by atoms with Crippen LogP contribution in [0.2, 0.25) is 0 Å². The van der Waals surface area contributed by atoms with Gasteiger partial charge in [0.2, 0.25) is 0 Å². The Labute approximate surface area is 99.1 Å². The Bertz CT molecular complexity index is 337. The molecule has 2 saturated carbocycles. The molecule has 2 aliphatic rings. The maximum Gasteiger partial charge on any atom is -0.0162 e. The Kier molecular flexibility index (Phi) is 2.75. The molecule has 0 spiro atoms.